The fraction of sp³-hybridized carbons (Fsp3) is 0.429. The zero-order valence-corrected chi connectivity index (χ0v) is 13.4. The highest BCUT2D eigenvalue weighted by Crippen LogP contribution is 2.24. The Morgan fingerprint density at radius 2 is 1.95 bits per heavy atom. The van der Waals surface area contributed by atoms with Crippen LogP contribution in [-0.2, 0) is 14.3 Å². The van der Waals surface area contributed by atoms with Crippen molar-refractivity contribution in [3.63, 3.8) is 0 Å². The molecule has 6 heteroatoms. The van der Waals surface area contributed by atoms with Crippen LogP contribution in [0.3, 0.4) is 0 Å². The minimum Gasteiger partial charge on any atom is -0.458 e. The lowest BCUT2D eigenvalue weighted by molar-refractivity contribution is -0.158. The number of halogens is 2. The van der Waals surface area contributed by atoms with Crippen molar-refractivity contribution in [2.45, 2.75) is 39.3 Å². The van der Waals surface area contributed by atoms with Crippen LogP contribution in [0.5, 0.6) is 0 Å². The van der Waals surface area contributed by atoms with Gasteiger partial charge in [-0.3, -0.25) is 4.79 Å². The smallest absolute Gasteiger partial charge is 0.333 e. The molecule has 0 radical (unpaired) electrons. The topological polar surface area (TPSA) is 55.4 Å². The fourth-order valence-electron chi connectivity index (χ4n) is 1.53. The molecule has 0 spiro atoms. The second kappa shape index (κ2) is 6.35. The van der Waals surface area contributed by atoms with Crippen molar-refractivity contribution >= 4 is 27.8 Å². The van der Waals surface area contributed by atoms with E-state index in [9.17, 15) is 14.0 Å². The molecule has 1 rings (SSSR count). The predicted octanol–water partition coefficient (Wildman–Crippen LogP) is 3.11. The molecule has 1 aromatic carbocycles. The van der Waals surface area contributed by atoms with Gasteiger partial charge < -0.3 is 10.1 Å². The maximum atomic E-state index is 13.2. The maximum Gasteiger partial charge on any atom is 0.333 e. The molecule has 1 aromatic rings. The Bertz CT molecular complexity index is 526. The Kier molecular flexibility index (Phi) is 5.28. The van der Waals surface area contributed by atoms with E-state index >= 15 is 0 Å². The first-order chi connectivity index (χ1) is 9.10. The molecule has 0 fully saturated rings. The minimum absolute atomic E-state index is 0.217. The maximum absolute atomic E-state index is 13.2. The summed E-state index contributed by atoms with van der Waals surface area (Å²) in [7, 11) is 0. The number of hydrogen-bond donors (Lipinski definition) is 1. The highest BCUT2D eigenvalue weighted by atomic mass is 79.9. The molecule has 0 aliphatic carbocycles. The molecule has 1 atom stereocenters. The van der Waals surface area contributed by atoms with Gasteiger partial charge in [0.15, 0.2) is 6.04 Å². The lowest BCUT2D eigenvalue weighted by atomic mass is 10.1. The molecule has 4 nitrogen and oxygen atoms in total. The van der Waals surface area contributed by atoms with E-state index in [1.54, 1.807) is 20.8 Å². The van der Waals surface area contributed by atoms with Gasteiger partial charge in [-0.15, -0.1) is 0 Å². The molecule has 0 heterocycles. The number of nitrogens with one attached hydrogen (secondary N) is 1. The van der Waals surface area contributed by atoms with Gasteiger partial charge in [0, 0.05) is 6.92 Å². The second-order valence-corrected chi connectivity index (χ2v) is 6.19. The number of esters is 1. The van der Waals surface area contributed by atoms with E-state index < -0.39 is 23.4 Å². The van der Waals surface area contributed by atoms with Crippen LogP contribution < -0.4 is 5.32 Å². The summed E-state index contributed by atoms with van der Waals surface area (Å²) < 4.78 is 18.7. The Labute approximate surface area is 125 Å². The number of carbonyl (C=O) groups excluding carboxylic acids is 2. The molecule has 0 saturated carbocycles. The van der Waals surface area contributed by atoms with Crippen molar-refractivity contribution in [3.8, 4) is 0 Å². The zero-order valence-electron chi connectivity index (χ0n) is 11.8. The molecule has 1 amide bonds. The first-order valence-electron chi connectivity index (χ1n) is 6.05. The van der Waals surface area contributed by atoms with Gasteiger partial charge >= 0.3 is 5.97 Å². The molecule has 20 heavy (non-hydrogen) atoms. The predicted molar refractivity (Wildman–Crippen MR) is 76.5 cm³/mol. The van der Waals surface area contributed by atoms with Gasteiger partial charge in [0.1, 0.15) is 11.4 Å². The first-order valence-corrected chi connectivity index (χ1v) is 6.84. The van der Waals surface area contributed by atoms with E-state index in [0.717, 1.165) is 0 Å². The molecular weight excluding hydrogens is 329 g/mol. The number of amides is 1. The van der Waals surface area contributed by atoms with Crippen molar-refractivity contribution < 1.29 is 18.7 Å². The van der Waals surface area contributed by atoms with Crippen LogP contribution in [0.25, 0.3) is 0 Å². The van der Waals surface area contributed by atoms with Crippen LogP contribution >= 0.6 is 15.9 Å². The molecule has 0 bridgehead atoms. The largest absolute Gasteiger partial charge is 0.458 e. The molecule has 1 unspecified atom stereocenters. The number of hydrogen-bond acceptors (Lipinski definition) is 3. The van der Waals surface area contributed by atoms with Gasteiger partial charge in [-0.2, -0.15) is 0 Å². The Hall–Kier alpha value is -1.43. The van der Waals surface area contributed by atoms with Crippen molar-refractivity contribution in [3.05, 3.63) is 34.1 Å². The van der Waals surface area contributed by atoms with Crippen LogP contribution in [0.1, 0.15) is 39.3 Å². The third kappa shape index (κ3) is 4.92. The zero-order chi connectivity index (χ0) is 15.5. The van der Waals surface area contributed by atoms with Crippen molar-refractivity contribution in [1.29, 1.82) is 0 Å². The highest BCUT2D eigenvalue weighted by Gasteiger charge is 2.27. The lowest BCUT2D eigenvalue weighted by Gasteiger charge is -2.24. The highest BCUT2D eigenvalue weighted by molar-refractivity contribution is 9.10. The van der Waals surface area contributed by atoms with Crippen LogP contribution in [0.15, 0.2) is 22.7 Å². The van der Waals surface area contributed by atoms with Gasteiger partial charge in [-0.1, -0.05) is 6.07 Å². The van der Waals surface area contributed by atoms with E-state index in [4.69, 9.17) is 4.74 Å². The molecule has 0 aromatic heterocycles. The number of carbonyl (C=O) groups is 2. The lowest BCUT2D eigenvalue weighted by Crippen LogP contribution is -2.37. The van der Waals surface area contributed by atoms with Gasteiger partial charge in [-0.05, 0) is 54.4 Å². The second-order valence-electron chi connectivity index (χ2n) is 5.34. The van der Waals surface area contributed by atoms with Crippen LogP contribution in [-0.4, -0.2) is 17.5 Å². The average molecular weight is 346 g/mol. The van der Waals surface area contributed by atoms with Gasteiger partial charge in [0.2, 0.25) is 5.91 Å². The molecule has 0 aliphatic heterocycles. The summed E-state index contributed by atoms with van der Waals surface area (Å²) in [5, 5.41) is 2.51. The van der Waals surface area contributed by atoms with Crippen molar-refractivity contribution in [2.75, 3.05) is 0 Å². The molecule has 110 valence electrons. The number of rotatable bonds is 3. The summed E-state index contributed by atoms with van der Waals surface area (Å²) in [6, 6.07) is 3.13. The monoisotopic (exact) mass is 345 g/mol. The van der Waals surface area contributed by atoms with Gasteiger partial charge in [-0.25, -0.2) is 9.18 Å². The van der Waals surface area contributed by atoms with Gasteiger partial charge in [0.25, 0.3) is 0 Å². The van der Waals surface area contributed by atoms with E-state index in [0.29, 0.717) is 5.56 Å². The Morgan fingerprint density at radius 3 is 2.40 bits per heavy atom. The Morgan fingerprint density at radius 1 is 1.35 bits per heavy atom. The summed E-state index contributed by atoms with van der Waals surface area (Å²) in [4.78, 5) is 23.4. The average Bonchev–Trinajstić information content (AvgIpc) is 2.27. The summed E-state index contributed by atoms with van der Waals surface area (Å²) in [5.41, 5.74) is -0.229. The van der Waals surface area contributed by atoms with Crippen LogP contribution in [0.2, 0.25) is 0 Å². The van der Waals surface area contributed by atoms with Gasteiger partial charge in [0.05, 0.1) is 4.47 Å². The molecule has 0 aliphatic rings. The minimum atomic E-state index is -0.969. The molecule has 1 N–H and O–H groups in total. The summed E-state index contributed by atoms with van der Waals surface area (Å²) >= 11 is 3.05. The Balaban J connectivity index is 3.08. The van der Waals surface area contributed by atoms with Crippen molar-refractivity contribution in [1.82, 2.24) is 5.32 Å². The first kappa shape index (κ1) is 16.6. The molecular formula is C14H17BrFNO3. The van der Waals surface area contributed by atoms with Crippen LogP contribution in [0.4, 0.5) is 4.39 Å². The van der Waals surface area contributed by atoms with Crippen LogP contribution in [0, 0.1) is 5.82 Å². The standard InChI is InChI=1S/C14H17BrFNO3/c1-8(18)17-12(13(19)20-14(2,3)4)9-5-6-11(16)10(15)7-9/h5-7,12H,1-4H3,(H,17,18). The SMILES string of the molecule is CC(=O)NC(C(=O)OC(C)(C)C)c1ccc(F)c(Br)c1. The third-order valence-electron chi connectivity index (χ3n) is 2.27. The van der Waals surface area contributed by atoms with E-state index in [1.165, 1.54) is 25.1 Å². The normalized spacial score (nSPS) is 12.7. The summed E-state index contributed by atoms with van der Waals surface area (Å²) in [6.45, 7) is 6.50. The molecule has 0 saturated heterocycles. The quantitative estimate of drug-likeness (QED) is 0.856. The number of ether oxygens (including phenoxy) is 1. The fourth-order valence-corrected chi connectivity index (χ4v) is 1.93. The number of benzene rings is 1. The van der Waals surface area contributed by atoms with Crippen molar-refractivity contribution in [2.24, 2.45) is 0 Å². The summed E-state index contributed by atoms with van der Waals surface area (Å²) in [6.07, 6.45) is 0. The van der Waals surface area contributed by atoms with E-state index in [2.05, 4.69) is 21.2 Å². The van der Waals surface area contributed by atoms with E-state index in [1.807, 2.05) is 0 Å². The summed E-state index contributed by atoms with van der Waals surface area (Å²) in [5.74, 6) is -1.41. The van der Waals surface area contributed by atoms with E-state index in [-0.39, 0.29) is 10.4 Å². The third-order valence-corrected chi connectivity index (χ3v) is 2.87.